The molecule has 110 valence electrons. The SMILES string of the molecule is CNc1ccc([N+](=O)[O-])cc1COc1c(Cl)cccc1Cl. The molecule has 0 atom stereocenters. The second-order valence-corrected chi connectivity index (χ2v) is 5.00. The molecule has 0 aliphatic rings. The van der Waals surface area contributed by atoms with Crippen LogP contribution in [-0.2, 0) is 6.61 Å². The predicted molar refractivity (Wildman–Crippen MR) is 83.4 cm³/mol. The molecule has 0 unspecified atom stereocenters. The number of nitro groups is 1. The molecule has 2 aromatic rings. The molecule has 5 nitrogen and oxygen atoms in total. The van der Waals surface area contributed by atoms with Gasteiger partial charge < -0.3 is 10.1 Å². The summed E-state index contributed by atoms with van der Waals surface area (Å²) < 4.78 is 5.60. The van der Waals surface area contributed by atoms with Crippen LogP contribution in [0, 0.1) is 10.1 Å². The molecular weight excluding hydrogens is 315 g/mol. The van der Waals surface area contributed by atoms with Crippen LogP contribution < -0.4 is 10.1 Å². The third kappa shape index (κ3) is 3.56. The molecule has 0 aliphatic heterocycles. The molecule has 0 aromatic heterocycles. The lowest BCUT2D eigenvalue weighted by Crippen LogP contribution is -2.02. The first-order valence-corrected chi connectivity index (χ1v) is 6.80. The summed E-state index contributed by atoms with van der Waals surface area (Å²) in [6.45, 7) is 0.112. The van der Waals surface area contributed by atoms with Gasteiger partial charge in [-0.1, -0.05) is 29.3 Å². The van der Waals surface area contributed by atoms with Gasteiger partial charge in [-0.25, -0.2) is 0 Å². The normalized spacial score (nSPS) is 10.2. The van der Waals surface area contributed by atoms with Crippen LogP contribution in [0.15, 0.2) is 36.4 Å². The van der Waals surface area contributed by atoms with Gasteiger partial charge in [0.2, 0.25) is 0 Å². The maximum atomic E-state index is 10.8. The molecule has 0 saturated carbocycles. The third-order valence-corrected chi connectivity index (χ3v) is 3.46. The highest BCUT2D eigenvalue weighted by atomic mass is 35.5. The standard InChI is InChI=1S/C14H12Cl2N2O3/c1-17-13-6-5-10(18(19)20)7-9(13)8-21-14-11(15)3-2-4-12(14)16/h2-7,17H,8H2,1H3. The average Bonchev–Trinajstić information content (AvgIpc) is 2.46. The summed E-state index contributed by atoms with van der Waals surface area (Å²) in [5.74, 6) is 0.356. The number of benzene rings is 2. The summed E-state index contributed by atoms with van der Waals surface area (Å²) in [6, 6.07) is 9.55. The summed E-state index contributed by atoms with van der Waals surface area (Å²) in [5, 5.41) is 14.6. The molecule has 0 aliphatic carbocycles. The van der Waals surface area contributed by atoms with Crippen molar-refractivity contribution >= 4 is 34.6 Å². The van der Waals surface area contributed by atoms with Crippen LogP contribution in [0.25, 0.3) is 0 Å². The Kier molecular flexibility index (Phi) is 4.88. The molecule has 1 N–H and O–H groups in total. The van der Waals surface area contributed by atoms with Crippen molar-refractivity contribution in [3.63, 3.8) is 0 Å². The molecular formula is C14H12Cl2N2O3. The van der Waals surface area contributed by atoms with E-state index in [4.69, 9.17) is 27.9 Å². The number of ether oxygens (including phenoxy) is 1. The van der Waals surface area contributed by atoms with Crippen molar-refractivity contribution in [2.45, 2.75) is 6.61 Å². The number of nitro benzene ring substituents is 1. The van der Waals surface area contributed by atoms with Crippen molar-refractivity contribution in [3.8, 4) is 5.75 Å². The van der Waals surface area contributed by atoms with Crippen molar-refractivity contribution in [1.82, 2.24) is 0 Å². The fourth-order valence-corrected chi connectivity index (χ4v) is 2.33. The van der Waals surface area contributed by atoms with Gasteiger partial charge in [0.25, 0.3) is 5.69 Å². The van der Waals surface area contributed by atoms with E-state index in [0.717, 1.165) is 5.69 Å². The zero-order chi connectivity index (χ0) is 15.4. The summed E-state index contributed by atoms with van der Waals surface area (Å²) in [6.07, 6.45) is 0. The van der Waals surface area contributed by atoms with Gasteiger partial charge in [0.05, 0.1) is 15.0 Å². The van der Waals surface area contributed by atoms with Crippen molar-refractivity contribution in [2.24, 2.45) is 0 Å². The third-order valence-electron chi connectivity index (χ3n) is 2.86. The molecule has 0 radical (unpaired) electrons. The maximum absolute atomic E-state index is 10.8. The van der Waals surface area contributed by atoms with Crippen LogP contribution in [0.2, 0.25) is 10.0 Å². The number of nitrogens with one attached hydrogen (secondary N) is 1. The molecule has 21 heavy (non-hydrogen) atoms. The fourth-order valence-electron chi connectivity index (χ4n) is 1.83. The highest BCUT2D eigenvalue weighted by Gasteiger charge is 2.12. The summed E-state index contributed by atoms with van der Waals surface area (Å²) in [4.78, 5) is 10.4. The number of anilines is 1. The molecule has 0 spiro atoms. The van der Waals surface area contributed by atoms with E-state index in [2.05, 4.69) is 5.32 Å². The van der Waals surface area contributed by atoms with Gasteiger partial charge in [0.1, 0.15) is 6.61 Å². The van der Waals surface area contributed by atoms with E-state index in [1.54, 1.807) is 31.3 Å². The predicted octanol–water partition coefficient (Wildman–Crippen LogP) is 4.52. The number of hydrogen-bond acceptors (Lipinski definition) is 4. The van der Waals surface area contributed by atoms with Crippen LogP contribution in [-0.4, -0.2) is 12.0 Å². The lowest BCUT2D eigenvalue weighted by Gasteiger charge is -2.12. The number of halogens is 2. The average molecular weight is 327 g/mol. The summed E-state index contributed by atoms with van der Waals surface area (Å²) in [7, 11) is 1.73. The number of nitrogens with zero attached hydrogens (tertiary/aromatic N) is 1. The summed E-state index contributed by atoms with van der Waals surface area (Å²) in [5.41, 5.74) is 1.38. The Morgan fingerprint density at radius 2 is 1.90 bits per heavy atom. The Labute approximate surface area is 131 Å². The molecule has 0 amide bonds. The zero-order valence-corrected chi connectivity index (χ0v) is 12.6. The first-order valence-electron chi connectivity index (χ1n) is 6.05. The number of non-ortho nitro benzene ring substituents is 1. The van der Waals surface area contributed by atoms with Crippen LogP contribution in [0.4, 0.5) is 11.4 Å². The van der Waals surface area contributed by atoms with Gasteiger partial charge in [0.15, 0.2) is 5.75 Å². The van der Waals surface area contributed by atoms with Crippen LogP contribution in [0.5, 0.6) is 5.75 Å². The molecule has 2 rings (SSSR count). The second kappa shape index (κ2) is 6.65. The molecule has 0 bridgehead atoms. The highest BCUT2D eigenvalue weighted by molar-refractivity contribution is 6.37. The Hall–Kier alpha value is -1.98. The molecule has 2 aromatic carbocycles. The first-order chi connectivity index (χ1) is 10.0. The Balaban J connectivity index is 2.26. The van der Waals surface area contributed by atoms with E-state index in [-0.39, 0.29) is 12.3 Å². The van der Waals surface area contributed by atoms with Gasteiger partial charge >= 0.3 is 0 Å². The topological polar surface area (TPSA) is 64.4 Å². The van der Waals surface area contributed by atoms with Crippen LogP contribution >= 0.6 is 23.2 Å². The Bertz CT molecular complexity index is 657. The van der Waals surface area contributed by atoms with Gasteiger partial charge in [-0.05, 0) is 18.2 Å². The number of hydrogen-bond donors (Lipinski definition) is 1. The number of rotatable bonds is 5. The van der Waals surface area contributed by atoms with E-state index in [1.807, 2.05) is 0 Å². The quantitative estimate of drug-likeness (QED) is 0.648. The van der Waals surface area contributed by atoms with Gasteiger partial charge in [-0.3, -0.25) is 10.1 Å². The Morgan fingerprint density at radius 1 is 1.24 bits per heavy atom. The highest BCUT2D eigenvalue weighted by Crippen LogP contribution is 2.33. The summed E-state index contributed by atoms with van der Waals surface area (Å²) >= 11 is 12.0. The number of para-hydroxylation sites is 1. The first kappa shape index (κ1) is 15.4. The molecule has 0 heterocycles. The molecule has 7 heteroatoms. The maximum Gasteiger partial charge on any atom is 0.269 e. The van der Waals surface area contributed by atoms with Crippen LogP contribution in [0.3, 0.4) is 0 Å². The molecule has 0 fully saturated rings. The van der Waals surface area contributed by atoms with Gasteiger partial charge in [0, 0.05) is 30.4 Å². The Morgan fingerprint density at radius 3 is 2.48 bits per heavy atom. The lowest BCUT2D eigenvalue weighted by atomic mass is 10.1. The molecule has 0 saturated heterocycles. The van der Waals surface area contributed by atoms with Crippen molar-refractivity contribution in [2.75, 3.05) is 12.4 Å². The van der Waals surface area contributed by atoms with E-state index in [9.17, 15) is 10.1 Å². The van der Waals surface area contributed by atoms with Crippen LogP contribution in [0.1, 0.15) is 5.56 Å². The minimum atomic E-state index is -0.453. The fraction of sp³-hybridized carbons (Fsp3) is 0.143. The van der Waals surface area contributed by atoms with E-state index in [1.165, 1.54) is 12.1 Å². The van der Waals surface area contributed by atoms with Crippen molar-refractivity contribution < 1.29 is 9.66 Å². The van der Waals surface area contributed by atoms with E-state index in [0.29, 0.717) is 21.4 Å². The van der Waals surface area contributed by atoms with Crippen molar-refractivity contribution in [1.29, 1.82) is 0 Å². The van der Waals surface area contributed by atoms with E-state index < -0.39 is 4.92 Å². The zero-order valence-electron chi connectivity index (χ0n) is 11.1. The van der Waals surface area contributed by atoms with Crippen molar-refractivity contribution in [3.05, 3.63) is 62.1 Å². The smallest absolute Gasteiger partial charge is 0.269 e. The minimum Gasteiger partial charge on any atom is -0.486 e. The minimum absolute atomic E-state index is 0.00199. The lowest BCUT2D eigenvalue weighted by molar-refractivity contribution is -0.384. The van der Waals surface area contributed by atoms with Gasteiger partial charge in [-0.2, -0.15) is 0 Å². The van der Waals surface area contributed by atoms with E-state index >= 15 is 0 Å². The van der Waals surface area contributed by atoms with Gasteiger partial charge in [-0.15, -0.1) is 0 Å². The largest absolute Gasteiger partial charge is 0.486 e. The monoisotopic (exact) mass is 326 g/mol. The second-order valence-electron chi connectivity index (χ2n) is 4.19.